The summed E-state index contributed by atoms with van der Waals surface area (Å²) in [5, 5.41) is 0. The van der Waals surface area contributed by atoms with Gasteiger partial charge in [0.25, 0.3) is 0 Å². The third-order valence-electron chi connectivity index (χ3n) is 1.28. The van der Waals surface area contributed by atoms with Crippen molar-refractivity contribution in [2.75, 3.05) is 19.0 Å². The lowest BCUT2D eigenvalue weighted by molar-refractivity contribution is -0.137. The van der Waals surface area contributed by atoms with E-state index in [1.54, 1.807) is 0 Å². The normalized spacial score (nSPS) is 11.7. The molecule has 13 heavy (non-hydrogen) atoms. The van der Waals surface area contributed by atoms with E-state index in [1.165, 1.54) is 0 Å². The van der Waals surface area contributed by atoms with Crippen LogP contribution in [0.1, 0.15) is 12.8 Å². The minimum Gasteiger partial charge on any atom is -0.377 e. The molecule has 0 aliphatic rings. The van der Waals surface area contributed by atoms with Crippen LogP contribution < -0.4 is 0 Å². The average molecular weight is 214 g/mol. The Balaban J connectivity index is 3.22. The first-order valence-electron chi connectivity index (χ1n) is 3.87. The largest absolute Gasteiger partial charge is 0.389 e. The number of thiol groups is 1. The summed E-state index contributed by atoms with van der Waals surface area (Å²) >= 11 is 3.93. The summed E-state index contributed by atoms with van der Waals surface area (Å²) in [4.78, 5) is 0. The molecule has 0 aliphatic carbocycles. The lowest BCUT2D eigenvalue weighted by atomic mass is 10.3. The molecular formula is C8H13F3OS. The number of ether oxygens (including phenoxy) is 1. The van der Waals surface area contributed by atoms with Gasteiger partial charge in [-0.2, -0.15) is 25.8 Å². The molecule has 0 saturated carbocycles. The lowest BCUT2D eigenvalue weighted by Gasteiger charge is -2.07. The summed E-state index contributed by atoms with van der Waals surface area (Å²) in [6.07, 6.45) is -4.87. The summed E-state index contributed by atoms with van der Waals surface area (Å²) in [7, 11) is 0. The Labute approximate surface area is 81.4 Å². The van der Waals surface area contributed by atoms with Gasteiger partial charge in [0.05, 0.1) is 6.61 Å². The number of rotatable bonds is 6. The van der Waals surface area contributed by atoms with Gasteiger partial charge < -0.3 is 4.74 Å². The fraction of sp³-hybridized carbons (Fsp3) is 0.750. The Morgan fingerprint density at radius 3 is 2.46 bits per heavy atom. The number of alkyl halides is 3. The Hall–Kier alpha value is -0.160. The van der Waals surface area contributed by atoms with Crippen molar-refractivity contribution in [2.45, 2.75) is 19.0 Å². The second kappa shape index (κ2) is 6.32. The van der Waals surface area contributed by atoms with E-state index in [2.05, 4.69) is 19.2 Å². The second-order valence-corrected chi connectivity index (χ2v) is 3.00. The first-order chi connectivity index (χ1) is 5.95. The van der Waals surface area contributed by atoms with Gasteiger partial charge in [-0.3, -0.25) is 0 Å². The van der Waals surface area contributed by atoms with E-state index in [-0.39, 0.29) is 13.0 Å². The van der Waals surface area contributed by atoms with E-state index >= 15 is 0 Å². The quantitative estimate of drug-likeness (QED) is 0.406. The third kappa shape index (κ3) is 9.76. The molecular weight excluding hydrogens is 201 g/mol. The molecule has 0 aromatic rings. The minimum atomic E-state index is -4.08. The molecule has 0 atom stereocenters. The molecule has 0 aliphatic heterocycles. The molecule has 5 heteroatoms. The van der Waals surface area contributed by atoms with E-state index in [0.29, 0.717) is 12.4 Å². The van der Waals surface area contributed by atoms with Crippen molar-refractivity contribution >= 4 is 12.6 Å². The van der Waals surface area contributed by atoms with Gasteiger partial charge in [0.15, 0.2) is 0 Å². The highest BCUT2D eigenvalue weighted by Gasteiger charge is 2.25. The molecule has 0 saturated heterocycles. The standard InChI is InChI=1S/C8H13F3OS/c1-7(6-13)5-12-4-2-3-8(9,10)11/h13H,1-6H2. The van der Waals surface area contributed by atoms with E-state index < -0.39 is 12.6 Å². The Bertz CT molecular complexity index is 156. The van der Waals surface area contributed by atoms with Crippen LogP contribution in [0.4, 0.5) is 13.2 Å². The van der Waals surface area contributed by atoms with E-state index in [4.69, 9.17) is 4.74 Å². The van der Waals surface area contributed by atoms with Crippen molar-refractivity contribution in [1.29, 1.82) is 0 Å². The summed E-state index contributed by atoms with van der Waals surface area (Å²) < 4.78 is 39.8. The third-order valence-corrected chi connectivity index (χ3v) is 1.73. The molecule has 1 nitrogen and oxygen atoms in total. The molecule has 0 N–H and O–H groups in total. The van der Waals surface area contributed by atoms with E-state index in [9.17, 15) is 13.2 Å². The molecule has 0 bridgehead atoms. The lowest BCUT2D eigenvalue weighted by Crippen LogP contribution is -2.09. The van der Waals surface area contributed by atoms with Gasteiger partial charge in [0.2, 0.25) is 0 Å². The van der Waals surface area contributed by atoms with Crippen molar-refractivity contribution in [3.63, 3.8) is 0 Å². The first kappa shape index (κ1) is 12.8. The van der Waals surface area contributed by atoms with Gasteiger partial charge in [-0.15, -0.1) is 0 Å². The first-order valence-corrected chi connectivity index (χ1v) is 4.51. The van der Waals surface area contributed by atoms with Crippen LogP contribution >= 0.6 is 12.6 Å². The zero-order valence-electron chi connectivity index (χ0n) is 7.23. The van der Waals surface area contributed by atoms with Crippen LogP contribution in [0.15, 0.2) is 12.2 Å². The molecule has 0 aromatic heterocycles. The average Bonchev–Trinajstić information content (AvgIpc) is 2.01. The predicted octanol–water partition coefficient (Wildman–Crippen LogP) is 2.83. The molecule has 0 radical (unpaired) electrons. The van der Waals surface area contributed by atoms with Crippen LogP contribution in [0.2, 0.25) is 0 Å². The maximum atomic E-state index is 11.6. The van der Waals surface area contributed by atoms with Crippen LogP contribution in [-0.2, 0) is 4.74 Å². The van der Waals surface area contributed by atoms with Gasteiger partial charge in [0.1, 0.15) is 0 Å². The van der Waals surface area contributed by atoms with Crippen molar-refractivity contribution in [2.24, 2.45) is 0 Å². The van der Waals surface area contributed by atoms with Crippen molar-refractivity contribution in [3.8, 4) is 0 Å². The number of halogens is 3. The highest BCUT2D eigenvalue weighted by molar-refractivity contribution is 7.80. The van der Waals surface area contributed by atoms with Crippen LogP contribution in [0.3, 0.4) is 0 Å². The van der Waals surface area contributed by atoms with Crippen LogP contribution in [0.5, 0.6) is 0 Å². The van der Waals surface area contributed by atoms with E-state index in [1.807, 2.05) is 0 Å². The van der Waals surface area contributed by atoms with Gasteiger partial charge >= 0.3 is 6.18 Å². The summed E-state index contributed by atoms with van der Waals surface area (Å²) in [5.41, 5.74) is 0.773. The zero-order valence-corrected chi connectivity index (χ0v) is 8.13. The smallest absolute Gasteiger partial charge is 0.377 e. The Kier molecular flexibility index (Phi) is 6.24. The molecule has 0 amide bonds. The maximum Gasteiger partial charge on any atom is 0.389 e. The van der Waals surface area contributed by atoms with Gasteiger partial charge in [-0.05, 0) is 12.0 Å². The minimum absolute atomic E-state index is 0.00332. The zero-order chi connectivity index (χ0) is 10.3. The predicted molar refractivity (Wildman–Crippen MR) is 49.1 cm³/mol. The summed E-state index contributed by atoms with van der Waals surface area (Å²) in [6.45, 7) is 4.01. The van der Waals surface area contributed by atoms with Crippen LogP contribution in [-0.4, -0.2) is 25.1 Å². The van der Waals surface area contributed by atoms with Gasteiger partial charge in [0, 0.05) is 18.8 Å². The molecule has 0 aromatic carbocycles. The number of hydrogen-bond donors (Lipinski definition) is 1. The molecule has 0 unspecified atom stereocenters. The maximum absolute atomic E-state index is 11.6. The highest BCUT2D eigenvalue weighted by Crippen LogP contribution is 2.20. The highest BCUT2D eigenvalue weighted by atomic mass is 32.1. The number of hydrogen-bond acceptors (Lipinski definition) is 2. The molecule has 0 rings (SSSR count). The van der Waals surface area contributed by atoms with Crippen molar-refractivity contribution in [3.05, 3.63) is 12.2 Å². The summed E-state index contributed by atoms with van der Waals surface area (Å²) in [6, 6.07) is 0. The fourth-order valence-corrected chi connectivity index (χ4v) is 0.728. The molecule has 0 heterocycles. The topological polar surface area (TPSA) is 9.23 Å². The fourth-order valence-electron chi connectivity index (χ4n) is 0.637. The van der Waals surface area contributed by atoms with Gasteiger partial charge in [-0.1, -0.05) is 6.58 Å². The van der Waals surface area contributed by atoms with Crippen molar-refractivity contribution in [1.82, 2.24) is 0 Å². The molecule has 78 valence electrons. The molecule has 0 fully saturated rings. The van der Waals surface area contributed by atoms with Gasteiger partial charge in [-0.25, -0.2) is 0 Å². The Morgan fingerprint density at radius 1 is 1.38 bits per heavy atom. The SMILES string of the molecule is C=C(CS)COCCCC(F)(F)F. The van der Waals surface area contributed by atoms with Crippen LogP contribution in [0.25, 0.3) is 0 Å². The Morgan fingerprint density at radius 2 is 2.00 bits per heavy atom. The van der Waals surface area contributed by atoms with Crippen LogP contribution in [0, 0.1) is 0 Å². The second-order valence-electron chi connectivity index (χ2n) is 2.68. The van der Waals surface area contributed by atoms with Crippen molar-refractivity contribution < 1.29 is 17.9 Å². The van der Waals surface area contributed by atoms with E-state index in [0.717, 1.165) is 5.57 Å². The summed E-state index contributed by atoms with van der Waals surface area (Å²) in [5.74, 6) is 0.499. The molecule has 0 spiro atoms. The monoisotopic (exact) mass is 214 g/mol.